The van der Waals surface area contributed by atoms with Crippen LogP contribution >= 0.6 is 0 Å². The third kappa shape index (κ3) is 2.28. The number of nitrogens with zero attached hydrogens (tertiary/aromatic N) is 1. The maximum atomic E-state index is 11.7. The fourth-order valence-electron chi connectivity index (χ4n) is 1.90. The molecule has 0 spiro atoms. The molecule has 0 aliphatic heterocycles. The first-order chi connectivity index (χ1) is 8.26. The van der Waals surface area contributed by atoms with E-state index < -0.39 is 0 Å². The van der Waals surface area contributed by atoms with Crippen molar-refractivity contribution >= 4 is 0 Å². The number of benzene rings is 1. The largest absolute Gasteiger partial charge is 0.313 e. The van der Waals surface area contributed by atoms with Crippen molar-refractivity contribution in [2.24, 2.45) is 0 Å². The lowest BCUT2D eigenvalue weighted by atomic mass is 10.0. The number of H-pyrrole nitrogens is 1. The zero-order chi connectivity index (χ0) is 12.3. The summed E-state index contributed by atoms with van der Waals surface area (Å²) in [6.45, 7) is 4.09. The summed E-state index contributed by atoms with van der Waals surface area (Å²) in [6, 6.07) is 8.22. The van der Waals surface area contributed by atoms with Crippen LogP contribution in [0.3, 0.4) is 0 Å². The van der Waals surface area contributed by atoms with Gasteiger partial charge in [-0.3, -0.25) is 4.79 Å². The summed E-state index contributed by atoms with van der Waals surface area (Å²) in [5, 5.41) is 0. The lowest BCUT2D eigenvalue weighted by Crippen LogP contribution is -2.14. The average molecular weight is 228 g/mol. The first-order valence-corrected chi connectivity index (χ1v) is 5.92. The molecule has 0 atom stereocenters. The molecule has 0 bridgehead atoms. The Balaban J connectivity index is 2.52. The van der Waals surface area contributed by atoms with Gasteiger partial charge in [-0.1, -0.05) is 38.1 Å². The quantitative estimate of drug-likeness (QED) is 0.877. The molecule has 0 fully saturated rings. The highest BCUT2D eigenvalue weighted by molar-refractivity contribution is 5.62. The van der Waals surface area contributed by atoms with E-state index in [-0.39, 0.29) is 5.56 Å². The highest BCUT2D eigenvalue weighted by atomic mass is 16.1. The topological polar surface area (TPSA) is 45.8 Å². The molecule has 2 aromatic rings. The minimum absolute atomic E-state index is 0.0444. The molecular weight excluding hydrogens is 212 g/mol. The molecule has 0 amide bonds. The highest BCUT2D eigenvalue weighted by Crippen LogP contribution is 2.19. The summed E-state index contributed by atoms with van der Waals surface area (Å²) < 4.78 is 0. The SMILES string of the molecule is CCc1ccc(-c2nc[nH]c(=O)c2CC)cc1. The minimum atomic E-state index is -0.0444. The van der Waals surface area contributed by atoms with Crippen molar-refractivity contribution in [1.29, 1.82) is 0 Å². The molecule has 0 saturated carbocycles. The predicted octanol–water partition coefficient (Wildman–Crippen LogP) is 2.56. The monoisotopic (exact) mass is 228 g/mol. The Morgan fingerprint density at radius 1 is 1.12 bits per heavy atom. The van der Waals surface area contributed by atoms with Gasteiger partial charge in [0, 0.05) is 11.1 Å². The third-order valence-electron chi connectivity index (χ3n) is 2.94. The zero-order valence-corrected chi connectivity index (χ0v) is 10.2. The highest BCUT2D eigenvalue weighted by Gasteiger charge is 2.08. The van der Waals surface area contributed by atoms with E-state index in [1.54, 1.807) is 0 Å². The summed E-state index contributed by atoms with van der Waals surface area (Å²) in [4.78, 5) is 18.6. The van der Waals surface area contributed by atoms with Crippen LogP contribution in [0.25, 0.3) is 11.3 Å². The van der Waals surface area contributed by atoms with Crippen LogP contribution in [-0.2, 0) is 12.8 Å². The molecule has 3 nitrogen and oxygen atoms in total. The number of hydrogen-bond acceptors (Lipinski definition) is 2. The molecule has 0 saturated heterocycles. The van der Waals surface area contributed by atoms with Crippen molar-refractivity contribution < 1.29 is 0 Å². The van der Waals surface area contributed by atoms with Crippen LogP contribution in [0.4, 0.5) is 0 Å². The standard InChI is InChI=1S/C14H16N2O/c1-3-10-5-7-11(8-6-10)13-12(4-2)14(17)16-9-15-13/h5-9H,3-4H2,1-2H3,(H,15,16,17). The second-order valence-corrected chi connectivity index (χ2v) is 3.96. The second-order valence-electron chi connectivity index (χ2n) is 3.96. The Hall–Kier alpha value is -1.90. The van der Waals surface area contributed by atoms with Gasteiger partial charge in [0.15, 0.2) is 0 Å². The summed E-state index contributed by atoms with van der Waals surface area (Å²) in [5.74, 6) is 0. The molecule has 3 heteroatoms. The molecule has 0 aliphatic carbocycles. The van der Waals surface area contributed by atoms with Crippen LogP contribution in [0.15, 0.2) is 35.4 Å². The molecule has 88 valence electrons. The van der Waals surface area contributed by atoms with Crippen molar-refractivity contribution in [2.75, 3.05) is 0 Å². The molecule has 0 radical (unpaired) electrons. The lowest BCUT2D eigenvalue weighted by molar-refractivity contribution is 1.01. The third-order valence-corrected chi connectivity index (χ3v) is 2.94. The van der Waals surface area contributed by atoms with Crippen molar-refractivity contribution in [2.45, 2.75) is 26.7 Å². The van der Waals surface area contributed by atoms with Crippen molar-refractivity contribution in [3.63, 3.8) is 0 Å². The van der Waals surface area contributed by atoms with E-state index in [2.05, 4.69) is 29.0 Å². The first kappa shape index (κ1) is 11.6. The Morgan fingerprint density at radius 3 is 2.41 bits per heavy atom. The van der Waals surface area contributed by atoms with Gasteiger partial charge in [0.1, 0.15) is 0 Å². The van der Waals surface area contributed by atoms with Gasteiger partial charge < -0.3 is 4.98 Å². The van der Waals surface area contributed by atoms with Crippen LogP contribution in [0.1, 0.15) is 25.0 Å². The van der Waals surface area contributed by atoms with Gasteiger partial charge in [-0.2, -0.15) is 0 Å². The van der Waals surface area contributed by atoms with E-state index in [0.29, 0.717) is 6.42 Å². The summed E-state index contributed by atoms with van der Waals surface area (Å²) in [5.41, 5.74) is 3.79. The zero-order valence-electron chi connectivity index (χ0n) is 10.2. The normalized spacial score (nSPS) is 10.5. The van der Waals surface area contributed by atoms with E-state index in [4.69, 9.17) is 0 Å². The molecule has 17 heavy (non-hydrogen) atoms. The van der Waals surface area contributed by atoms with Crippen LogP contribution in [0.2, 0.25) is 0 Å². The Kier molecular flexibility index (Phi) is 3.38. The van der Waals surface area contributed by atoms with E-state index in [1.807, 2.05) is 19.1 Å². The van der Waals surface area contributed by atoms with Crippen LogP contribution in [0.5, 0.6) is 0 Å². The molecule has 1 aromatic heterocycles. The van der Waals surface area contributed by atoms with Crippen molar-refractivity contribution in [3.05, 3.63) is 52.1 Å². The van der Waals surface area contributed by atoms with Crippen LogP contribution in [-0.4, -0.2) is 9.97 Å². The fraction of sp³-hybridized carbons (Fsp3) is 0.286. The van der Waals surface area contributed by atoms with E-state index >= 15 is 0 Å². The van der Waals surface area contributed by atoms with Gasteiger partial charge in [-0.05, 0) is 18.4 Å². The van der Waals surface area contributed by atoms with Gasteiger partial charge in [0.2, 0.25) is 0 Å². The molecule has 0 unspecified atom stereocenters. The Labute approximate surface area is 101 Å². The van der Waals surface area contributed by atoms with E-state index in [1.165, 1.54) is 11.9 Å². The van der Waals surface area contributed by atoms with Crippen molar-refractivity contribution in [3.8, 4) is 11.3 Å². The molecule has 1 aromatic carbocycles. The van der Waals surface area contributed by atoms with Gasteiger partial charge in [-0.15, -0.1) is 0 Å². The molecule has 1 heterocycles. The van der Waals surface area contributed by atoms with Gasteiger partial charge in [0.25, 0.3) is 5.56 Å². The number of rotatable bonds is 3. The predicted molar refractivity (Wildman–Crippen MR) is 69.0 cm³/mol. The molecule has 1 N–H and O–H groups in total. The Morgan fingerprint density at radius 2 is 1.82 bits per heavy atom. The second kappa shape index (κ2) is 4.95. The molecular formula is C14H16N2O. The van der Waals surface area contributed by atoms with Crippen molar-refractivity contribution in [1.82, 2.24) is 9.97 Å². The summed E-state index contributed by atoms with van der Waals surface area (Å²) in [7, 11) is 0. The summed E-state index contributed by atoms with van der Waals surface area (Å²) >= 11 is 0. The molecule has 0 aliphatic rings. The number of aromatic nitrogens is 2. The van der Waals surface area contributed by atoms with Crippen LogP contribution in [0, 0.1) is 0 Å². The Bertz CT molecular complexity index is 555. The fourth-order valence-corrected chi connectivity index (χ4v) is 1.90. The maximum Gasteiger partial charge on any atom is 0.254 e. The van der Waals surface area contributed by atoms with E-state index in [0.717, 1.165) is 23.2 Å². The summed E-state index contributed by atoms with van der Waals surface area (Å²) in [6.07, 6.45) is 3.17. The molecule has 2 rings (SSSR count). The maximum absolute atomic E-state index is 11.7. The average Bonchev–Trinajstić information content (AvgIpc) is 2.38. The van der Waals surface area contributed by atoms with Gasteiger partial charge in [-0.25, -0.2) is 4.98 Å². The number of nitrogens with one attached hydrogen (secondary N) is 1. The lowest BCUT2D eigenvalue weighted by Gasteiger charge is -2.06. The van der Waals surface area contributed by atoms with E-state index in [9.17, 15) is 4.79 Å². The first-order valence-electron chi connectivity index (χ1n) is 5.92. The number of hydrogen-bond donors (Lipinski definition) is 1. The van der Waals surface area contributed by atoms with Gasteiger partial charge >= 0.3 is 0 Å². The van der Waals surface area contributed by atoms with Gasteiger partial charge in [0.05, 0.1) is 12.0 Å². The number of aryl methyl sites for hydroxylation is 1. The smallest absolute Gasteiger partial charge is 0.254 e. The van der Waals surface area contributed by atoms with Crippen LogP contribution < -0.4 is 5.56 Å². The minimum Gasteiger partial charge on any atom is -0.313 e. The number of aromatic amines is 1.